The molecule has 1 amide bonds. The number of nitrogen functional groups attached to an aromatic ring is 1. The summed E-state index contributed by atoms with van der Waals surface area (Å²) >= 11 is 0. The van der Waals surface area contributed by atoms with Gasteiger partial charge in [-0.3, -0.25) is 4.79 Å². The molecular weight excluding hydrogens is 238 g/mol. The number of aromatic amines is 1. The second-order valence-corrected chi connectivity index (χ2v) is 4.86. The van der Waals surface area contributed by atoms with E-state index < -0.39 is 0 Å². The van der Waals surface area contributed by atoms with E-state index in [1.165, 1.54) is 0 Å². The van der Waals surface area contributed by atoms with Crippen molar-refractivity contribution in [3.63, 3.8) is 0 Å². The third-order valence-corrected chi connectivity index (χ3v) is 3.02. The lowest BCUT2D eigenvalue weighted by Gasteiger charge is -2.26. The van der Waals surface area contributed by atoms with Crippen LogP contribution in [0.3, 0.4) is 0 Å². The summed E-state index contributed by atoms with van der Waals surface area (Å²) in [5, 5.41) is 0. The predicted octanol–water partition coefficient (Wildman–Crippen LogP) is 2.65. The summed E-state index contributed by atoms with van der Waals surface area (Å²) in [6.07, 6.45) is 1.63. The smallest absolute Gasteiger partial charge is 0.270 e. The molecule has 0 saturated heterocycles. The van der Waals surface area contributed by atoms with Crippen LogP contribution in [-0.4, -0.2) is 21.8 Å². The van der Waals surface area contributed by atoms with Crippen molar-refractivity contribution in [2.45, 2.75) is 26.4 Å². The molecule has 0 bridgehead atoms. The Hall–Kier alpha value is -2.23. The molecule has 1 heterocycles. The first kappa shape index (κ1) is 13.2. The number of hydrogen-bond acceptors (Lipinski definition) is 2. The molecule has 0 fully saturated rings. The lowest BCUT2D eigenvalue weighted by atomic mass is 10.1. The highest BCUT2D eigenvalue weighted by Crippen LogP contribution is 2.14. The van der Waals surface area contributed by atoms with E-state index in [1.54, 1.807) is 12.3 Å². The van der Waals surface area contributed by atoms with E-state index in [4.69, 9.17) is 5.73 Å². The number of nitrogens with one attached hydrogen (secondary N) is 1. The predicted molar refractivity (Wildman–Crippen MR) is 76.7 cm³/mol. The van der Waals surface area contributed by atoms with Gasteiger partial charge in [0.2, 0.25) is 0 Å². The number of anilines is 1. The summed E-state index contributed by atoms with van der Waals surface area (Å²) in [7, 11) is 0. The first-order valence-electron chi connectivity index (χ1n) is 6.36. The van der Waals surface area contributed by atoms with Crippen LogP contribution in [-0.2, 0) is 6.54 Å². The van der Waals surface area contributed by atoms with Crippen molar-refractivity contribution in [3.8, 4) is 0 Å². The number of hydrogen-bond donors (Lipinski definition) is 2. The summed E-state index contributed by atoms with van der Waals surface area (Å²) in [6.45, 7) is 4.61. The van der Waals surface area contributed by atoms with Crippen LogP contribution in [0.5, 0.6) is 0 Å². The molecule has 1 aromatic carbocycles. The van der Waals surface area contributed by atoms with Gasteiger partial charge in [-0.05, 0) is 25.5 Å². The second kappa shape index (κ2) is 5.61. The van der Waals surface area contributed by atoms with Crippen LogP contribution in [0.15, 0.2) is 42.6 Å². The molecule has 4 nitrogen and oxygen atoms in total. The van der Waals surface area contributed by atoms with E-state index >= 15 is 0 Å². The van der Waals surface area contributed by atoms with Gasteiger partial charge in [-0.1, -0.05) is 30.3 Å². The van der Waals surface area contributed by atoms with Crippen LogP contribution < -0.4 is 5.73 Å². The fourth-order valence-electron chi connectivity index (χ4n) is 1.96. The van der Waals surface area contributed by atoms with E-state index in [-0.39, 0.29) is 11.9 Å². The highest BCUT2D eigenvalue weighted by atomic mass is 16.2. The number of carbonyl (C=O) groups excluding carboxylic acids is 1. The standard InChI is InChI=1S/C15H19N3O/c1-11(2)18(10-12-6-4-3-5-7-12)15(19)14-8-13(16)9-17-14/h3-9,11,17H,10,16H2,1-2H3. The molecule has 0 unspecified atom stereocenters. The van der Waals surface area contributed by atoms with Crippen LogP contribution >= 0.6 is 0 Å². The van der Waals surface area contributed by atoms with Gasteiger partial charge in [-0.15, -0.1) is 0 Å². The van der Waals surface area contributed by atoms with Crippen LogP contribution in [0.2, 0.25) is 0 Å². The molecule has 0 aliphatic heterocycles. The Bertz CT molecular complexity index is 546. The molecule has 0 aliphatic rings. The largest absolute Gasteiger partial charge is 0.397 e. The van der Waals surface area contributed by atoms with Crippen LogP contribution in [0.4, 0.5) is 5.69 Å². The lowest BCUT2D eigenvalue weighted by Crippen LogP contribution is -2.36. The molecule has 3 N–H and O–H groups in total. The summed E-state index contributed by atoms with van der Waals surface area (Å²) in [6, 6.07) is 11.8. The number of amides is 1. The highest BCUT2D eigenvalue weighted by molar-refractivity contribution is 5.93. The molecule has 1 aromatic heterocycles. The van der Waals surface area contributed by atoms with Crippen molar-refractivity contribution >= 4 is 11.6 Å². The molecule has 100 valence electrons. The molecule has 19 heavy (non-hydrogen) atoms. The first-order valence-corrected chi connectivity index (χ1v) is 6.36. The third-order valence-electron chi connectivity index (χ3n) is 3.02. The van der Waals surface area contributed by atoms with Gasteiger partial charge in [0.05, 0.1) is 0 Å². The van der Waals surface area contributed by atoms with Gasteiger partial charge in [0, 0.05) is 24.5 Å². The van der Waals surface area contributed by atoms with Gasteiger partial charge < -0.3 is 15.6 Å². The molecular formula is C15H19N3O. The highest BCUT2D eigenvalue weighted by Gasteiger charge is 2.20. The number of nitrogens with two attached hydrogens (primary N) is 1. The molecule has 4 heteroatoms. The van der Waals surface area contributed by atoms with E-state index in [1.807, 2.05) is 49.1 Å². The van der Waals surface area contributed by atoms with E-state index in [0.29, 0.717) is 17.9 Å². The zero-order chi connectivity index (χ0) is 13.8. The maximum Gasteiger partial charge on any atom is 0.270 e. The lowest BCUT2D eigenvalue weighted by molar-refractivity contribution is 0.0685. The molecule has 0 radical (unpaired) electrons. The van der Waals surface area contributed by atoms with E-state index in [0.717, 1.165) is 5.56 Å². The van der Waals surface area contributed by atoms with Crippen LogP contribution in [0.1, 0.15) is 29.9 Å². The van der Waals surface area contributed by atoms with Crippen molar-refractivity contribution in [2.75, 3.05) is 5.73 Å². The summed E-state index contributed by atoms with van der Waals surface area (Å²) in [5.41, 5.74) is 7.86. The van der Waals surface area contributed by atoms with Crippen molar-refractivity contribution in [1.29, 1.82) is 0 Å². The average Bonchev–Trinajstić information content (AvgIpc) is 2.83. The number of rotatable bonds is 4. The monoisotopic (exact) mass is 257 g/mol. The number of carbonyl (C=O) groups is 1. The number of nitrogens with zero attached hydrogens (tertiary/aromatic N) is 1. The van der Waals surface area contributed by atoms with Crippen molar-refractivity contribution in [1.82, 2.24) is 9.88 Å². The Morgan fingerprint density at radius 2 is 2.00 bits per heavy atom. The average molecular weight is 257 g/mol. The maximum absolute atomic E-state index is 12.4. The molecule has 2 aromatic rings. The molecule has 0 aliphatic carbocycles. The minimum Gasteiger partial charge on any atom is -0.397 e. The zero-order valence-corrected chi connectivity index (χ0v) is 11.3. The fraction of sp³-hybridized carbons (Fsp3) is 0.267. The van der Waals surface area contributed by atoms with E-state index in [2.05, 4.69) is 4.98 Å². The minimum absolute atomic E-state index is 0.0319. The van der Waals surface area contributed by atoms with Crippen LogP contribution in [0.25, 0.3) is 0 Å². The molecule has 0 atom stereocenters. The Morgan fingerprint density at radius 1 is 1.32 bits per heavy atom. The summed E-state index contributed by atoms with van der Waals surface area (Å²) < 4.78 is 0. The first-order chi connectivity index (χ1) is 9.08. The normalized spacial score (nSPS) is 10.7. The van der Waals surface area contributed by atoms with Gasteiger partial charge >= 0.3 is 0 Å². The van der Waals surface area contributed by atoms with Crippen molar-refractivity contribution in [3.05, 3.63) is 53.9 Å². The minimum atomic E-state index is -0.0319. The molecule has 0 spiro atoms. The Morgan fingerprint density at radius 3 is 2.53 bits per heavy atom. The second-order valence-electron chi connectivity index (χ2n) is 4.86. The maximum atomic E-state index is 12.4. The van der Waals surface area contributed by atoms with E-state index in [9.17, 15) is 4.79 Å². The van der Waals surface area contributed by atoms with Gasteiger partial charge in [-0.2, -0.15) is 0 Å². The SMILES string of the molecule is CC(C)N(Cc1ccccc1)C(=O)c1cc(N)c[nH]1. The van der Waals surface area contributed by atoms with Gasteiger partial charge in [0.25, 0.3) is 5.91 Å². The number of aromatic nitrogens is 1. The van der Waals surface area contributed by atoms with Crippen LogP contribution in [0, 0.1) is 0 Å². The molecule has 2 rings (SSSR count). The summed E-state index contributed by atoms with van der Waals surface area (Å²) in [4.78, 5) is 17.2. The molecule has 0 saturated carbocycles. The Kier molecular flexibility index (Phi) is 3.90. The zero-order valence-electron chi connectivity index (χ0n) is 11.3. The van der Waals surface area contributed by atoms with Gasteiger partial charge in [0.1, 0.15) is 5.69 Å². The Balaban J connectivity index is 2.19. The Labute approximate surface area is 113 Å². The van der Waals surface area contributed by atoms with Gasteiger partial charge in [-0.25, -0.2) is 0 Å². The topological polar surface area (TPSA) is 62.1 Å². The number of benzene rings is 1. The van der Waals surface area contributed by atoms with Crippen molar-refractivity contribution < 1.29 is 4.79 Å². The quantitative estimate of drug-likeness (QED) is 0.884. The fourth-order valence-corrected chi connectivity index (χ4v) is 1.96. The third kappa shape index (κ3) is 3.16. The number of H-pyrrole nitrogens is 1. The van der Waals surface area contributed by atoms with Crippen molar-refractivity contribution in [2.24, 2.45) is 0 Å². The summed E-state index contributed by atoms with van der Waals surface area (Å²) in [5.74, 6) is -0.0319. The van der Waals surface area contributed by atoms with Gasteiger partial charge in [0.15, 0.2) is 0 Å².